The largest absolute Gasteiger partial charge is 0.457 e. The normalized spacial score (nSPS) is 11.1. The lowest BCUT2D eigenvalue weighted by atomic mass is 10.3. The molecule has 0 aliphatic rings. The number of benzene rings is 3. The van der Waals surface area contributed by atoms with E-state index < -0.39 is 6.69 Å². The van der Waals surface area contributed by atoms with Crippen LogP contribution in [0.2, 0.25) is 6.55 Å². The van der Waals surface area contributed by atoms with Crippen molar-refractivity contribution in [1.82, 2.24) is 0 Å². The average Bonchev–Trinajstić information content (AvgIpc) is 2.57. The molecule has 0 saturated carbocycles. The van der Waals surface area contributed by atoms with Crippen LogP contribution in [0.4, 0.5) is 0 Å². The molecule has 0 spiro atoms. The van der Waals surface area contributed by atoms with Crippen LogP contribution >= 0.6 is 22.2 Å². The molecule has 0 fully saturated rings. The van der Waals surface area contributed by atoms with Crippen molar-refractivity contribution >= 4 is 34.0 Å². The van der Waals surface area contributed by atoms with E-state index in [0.29, 0.717) is 0 Å². The molecule has 3 aromatic rings. The Morgan fingerprint density at radius 3 is 1.38 bits per heavy atom. The first kappa shape index (κ1) is 16.9. The number of halogens is 2. The zero-order valence-corrected chi connectivity index (χ0v) is 15.6. The number of ether oxygens (including phenoxy) is 2. The third-order valence-electron chi connectivity index (χ3n) is 3.40. The Morgan fingerprint density at radius 2 is 0.958 bits per heavy atom. The van der Waals surface area contributed by atoms with Crippen LogP contribution in [0, 0.1) is 0 Å². The van der Waals surface area contributed by atoms with Gasteiger partial charge in [0.25, 0.3) is 6.69 Å². The molecule has 0 aliphatic carbocycles. The van der Waals surface area contributed by atoms with E-state index in [9.17, 15) is 0 Å². The monoisotopic (exact) mass is 374 g/mol. The Kier molecular flexibility index (Phi) is 5.14. The van der Waals surface area contributed by atoms with Gasteiger partial charge >= 0.3 is 0 Å². The fraction of sp³-hybridized carbons (Fsp3) is 0.0526. The second-order valence-corrected chi connectivity index (χ2v) is 12.9. The predicted octanol–water partition coefficient (Wildman–Crippen LogP) is 6.03. The number of rotatable bonds is 5. The molecule has 5 heteroatoms. The maximum absolute atomic E-state index is 6.20. The van der Waals surface area contributed by atoms with Crippen molar-refractivity contribution < 1.29 is 9.47 Å². The van der Waals surface area contributed by atoms with Gasteiger partial charge in [-0.25, -0.2) is 0 Å². The summed E-state index contributed by atoms with van der Waals surface area (Å²) in [6.07, 6.45) is 0. The minimum absolute atomic E-state index is 0.736. The minimum Gasteiger partial charge on any atom is -0.457 e. The zero-order chi connectivity index (χ0) is 17.0. The van der Waals surface area contributed by atoms with E-state index in [2.05, 4.69) is 0 Å². The third kappa shape index (κ3) is 4.54. The van der Waals surface area contributed by atoms with Gasteiger partial charge < -0.3 is 9.47 Å². The Hall–Kier alpha value is -1.94. The maximum atomic E-state index is 6.20. The van der Waals surface area contributed by atoms with Crippen LogP contribution < -0.4 is 14.7 Å². The molecule has 0 amide bonds. The summed E-state index contributed by atoms with van der Waals surface area (Å²) in [4.78, 5) is 0. The Bertz CT molecular complexity index is 782. The van der Waals surface area contributed by atoms with E-state index in [1.54, 1.807) is 0 Å². The summed E-state index contributed by atoms with van der Waals surface area (Å²) in [5.41, 5.74) is 0. The van der Waals surface area contributed by atoms with Crippen LogP contribution in [-0.4, -0.2) is 6.69 Å². The first-order valence-corrected chi connectivity index (χ1v) is 12.0. The van der Waals surface area contributed by atoms with E-state index >= 15 is 0 Å². The van der Waals surface area contributed by atoms with Crippen LogP contribution in [0.15, 0.2) is 78.9 Å². The number of hydrogen-bond acceptors (Lipinski definition) is 2. The molecule has 0 saturated heterocycles. The minimum atomic E-state index is -2.32. The molecule has 0 aromatic heterocycles. The molecule has 0 N–H and O–H groups in total. The molecule has 0 unspecified atom stereocenters. The summed E-state index contributed by atoms with van der Waals surface area (Å²) in [5.74, 6) is 3.04. The van der Waals surface area contributed by atoms with Gasteiger partial charge in [-0.2, -0.15) is 0 Å². The van der Waals surface area contributed by atoms with E-state index in [-0.39, 0.29) is 0 Å². The molecule has 3 rings (SSSR count). The summed E-state index contributed by atoms with van der Waals surface area (Å²) in [5, 5.41) is 0.963. The van der Waals surface area contributed by atoms with Crippen molar-refractivity contribution in [2.24, 2.45) is 0 Å². The van der Waals surface area contributed by atoms with E-state index in [1.807, 2.05) is 85.4 Å². The van der Waals surface area contributed by atoms with E-state index in [0.717, 1.165) is 28.2 Å². The van der Waals surface area contributed by atoms with Gasteiger partial charge in [0.1, 0.15) is 23.0 Å². The zero-order valence-electron chi connectivity index (χ0n) is 13.1. The van der Waals surface area contributed by atoms with Crippen molar-refractivity contribution in [3.8, 4) is 23.0 Å². The summed E-state index contributed by atoms with van der Waals surface area (Å²) in [6.45, 7) is -0.448. The lowest BCUT2D eigenvalue weighted by Crippen LogP contribution is -2.32. The van der Waals surface area contributed by atoms with Crippen molar-refractivity contribution in [3.63, 3.8) is 0 Å². The van der Waals surface area contributed by atoms with Crippen LogP contribution in [0.3, 0.4) is 0 Å². The molecule has 2 nitrogen and oxygen atoms in total. The fourth-order valence-corrected chi connectivity index (χ4v) is 3.66. The van der Waals surface area contributed by atoms with E-state index in [1.165, 1.54) is 0 Å². The second-order valence-electron chi connectivity index (χ2n) is 5.40. The smallest absolute Gasteiger partial charge is 0.277 e. The molecule has 0 bridgehead atoms. The van der Waals surface area contributed by atoms with Crippen molar-refractivity contribution in [2.75, 3.05) is 0 Å². The standard InChI is InChI=1S/C19H16Cl2O2Si/c1-24(20,21)19-13-11-18(12-14-19)23-17-9-7-16(8-10-17)22-15-5-3-2-4-6-15/h2-14H,1H3. The SMILES string of the molecule is C[Si](Cl)(Cl)c1ccc(Oc2ccc(Oc3ccccc3)cc2)cc1. The van der Waals surface area contributed by atoms with Gasteiger partial charge in [0, 0.05) is 0 Å². The molecule has 0 aliphatic heterocycles. The van der Waals surface area contributed by atoms with Crippen LogP contribution in [0.25, 0.3) is 0 Å². The molecule has 0 heterocycles. The van der Waals surface area contributed by atoms with Gasteiger partial charge in [0.05, 0.1) is 0 Å². The molecule has 24 heavy (non-hydrogen) atoms. The number of para-hydroxylation sites is 1. The van der Waals surface area contributed by atoms with Crippen LogP contribution in [-0.2, 0) is 0 Å². The molecule has 122 valence electrons. The second kappa shape index (κ2) is 7.30. The van der Waals surface area contributed by atoms with E-state index in [4.69, 9.17) is 31.6 Å². The Labute approximate surface area is 152 Å². The Balaban J connectivity index is 1.66. The number of hydrogen-bond donors (Lipinski definition) is 0. The highest BCUT2D eigenvalue weighted by Crippen LogP contribution is 2.26. The molecule has 3 aromatic carbocycles. The summed E-state index contributed by atoms with van der Waals surface area (Å²) in [6, 6.07) is 24.7. The van der Waals surface area contributed by atoms with Gasteiger partial charge in [-0.05, 0) is 60.3 Å². The molecule has 0 radical (unpaired) electrons. The average molecular weight is 375 g/mol. The summed E-state index contributed by atoms with van der Waals surface area (Å²) < 4.78 is 11.6. The summed E-state index contributed by atoms with van der Waals surface area (Å²) in [7, 11) is 0. The third-order valence-corrected chi connectivity index (χ3v) is 6.06. The quantitative estimate of drug-likeness (QED) is 0.401. The predicted molar refractivity (Wildman–Crippen MR) is 102 cm³/mol. The van der Waals surface area contributed by atoms with Gasteiger partial charge in [0.15, 0.2) is 0 Å². The maximum Gasteiger partial charge on any atom is 0.277 e. The van der Waals surface area contributed by atoms with Gasteiger partial charge in [-0.1, -0.05) is 30.3 Å². The molecule has 0 atom stereocenters. The van der Waals surface area contributed by atoms with Crippen LogP contribution in [0.5, 0.6) is 23.0 Å². The Morgan fingerprint density at radius 1 is 0.583 bits per heavy atom. The highest BCUT2D eigenvalue weighted by Gasteiger charge is 2.23. The summed E-state index contributed by atoms with van der Waals surface area (Å²) >= 11 is 12.4. The van der Waals surface area contributed by atoms with Gasteiger partial charge in [0.2, 0.25) is 0 Å². The van der Waals surface area contributed by atoms with Crippen molar-refractivity contribution in [1.29, 1.82) is 0 Å². The molecular formula is C19H16Cl2O2Si. The first-order chi connectivity index (χ1) is 11.5. The topological polar surface area (TPSA) is 18.5 Å². The first-order valence-electron chi connectivity index (χ1n) is 7.50. The lowest BCUT2D eigenvalue weighted by molar-refractivity contribution is 0.469. The van der Waals surface area contributed by atoms with Crippen LogP contribution in [0.1, 0.15) is 0 Å². The fourth-order valence-electron chi connectivity index (χ4n) is 2.15. The van der Waals surface area contributed by atoms with Crippen molar-refractivity contribution in [3.05, 3.63) is 78.9 Å². The molecular weight excluding hydrogens is 359 g/mol. The highest BCUT2D eigenvalue weighted by atomic mass is 35.7. The highest BCUT2D eigenvalue weighted by molar-refractivity contribution is 7.50. The lowest BCUT2D eigenvalue weighted by Gasteiger charge is -2.12. The van der Waals surface area contributed by atoms with Gasteiger partial charge in [-0.3, -0.25) is 0 Å². The van der Waals surface area contributed by atoms with Gasteiger partial charge in [-0.15, -0.1) is 22.2 Å². The van der Waals surface area contributed by atoms with Crippen molar-refractivity contribution in [2.45, 2.75) is 6.55 Å².